The van der Waals surface area contributed by atoms with E-state index < -0.39 is 0 Å². The first kappa shape index (κ1) is 21.6. The molecule has 0 saturated heterocycles. The van der Waals surface area contributed by atoms with Gasteiger partial charge in [-0.2, -0.15) is 0 Å². The molecule has 0 bridgehead atoms. The van der Waals surface area contributed by atoms with E-state index in [1.54, 1.807) is 30.0 Å². The number of hydrogen-bond acceptors (Lipinski definition) is 6. The zero-order valence-electron chi connectivity index (χ0n) is 16.8. The maximum atomic E-state index is 13.2. The Kier molecular flexibility index (Phi) is 7.06. The van der Waals surface area contributed by atoms with Crippen LogP contribution < -0.4 is 9.64 Å². The fraction of sp³-hybridized carbons (Fsp3) is 0.174. The minimum atomic E-state index is 0.00476. The molecule has 0 saturated carbocycles. The molecular formula is C23H20ClN3O2S2. The maximum Gasteiger partial charge on any atom is 0.229 e. The summed E-state index contributed by atoms with van der Waals surface area (Å²) in [6.45, 7) is 0.368. The molecule has 2 aromatic heterocycles. The zero-order valence-corrected chi connectivity index (χ0v) is 19.2. The minimum absolute atomic E-state index is 0.00476. The number of para-hydroxylation sites is 1. The number of ether oxygens (including phenoxy) is 1. The highest BCUT2D eigenvalue weighted by Gasteiger charge is 2.21. The van der Waals surface area contributed by atoms with E-state index in [2.05, 4.69) is 4.98 Å². The van der Waals surface area contributed by atoms with Gasteiger partial charge in [-0.15, -0.1) is 11.8 Å². The topological polar surface area (TPSA) is 55.3 Å². The Hall–Kier alpha value is -2.61. The third-order valence-corrected chi connectivity index (χ3v) is 6.88. The van der Waals surface area contributed by atoms with Gasteiger partial charge in [0.05, 0.1) is 24.0 Å². The molecule has 2 heterocycles. The van der Waals surface area contributed by atoms with Gasteiger partial charge in [-0.05, 0) is 48.5 Å². The van der Waals surface area contributed by atoms with Crippen LogP contribution in [0.4, 0.5) is 5.13 Å². The fourth-order valence-electron chi connectivity index (χ4n) is 3.03. The lowest BCUT2D eigenvalue weighted by Crippen LogP contribution is -2.30. The molecule has 0 spiro atoms. The average molecular weight is 470 g/mol. The summed E-state index contributed by atoms with van der Waals surface area (Å²) in [6, 6.07) is 19.1. The van der Waals surface area contributed by atoms with E-state index >= 15 is 0 Å². The minimum Gasteiger partial charge on any atom is -0.494 e. The number of aromatic nitrogens is 2. The van der Waals surface area contributed by atoms with Crippen LogP contribution in [-0.2, 0) is 11.3 Å². The highest BCUT2D eigenvalue weighted by atomic mass is 35.5. The Morgan fingerprint density at radius 2 is 1.97 bits per heavy atom. The van der Waals surface area contributed by atoms with Gasteiger partial charge in [-0.3, -0.25) is 14.7 Å². The van der Waals surface area contributed by atoms with Crippen LogP contribution >= 0.6 is 34.7 Å². The number of nitrogens with zero attached hydrogens (tertiary/aromatic N) is 3. The zero-order chi connectivity index (χ0) is 21.6. The predicted octanol–water partition coefficient (Wildman–Crippen LogP) is 6.07. The molecule has 4 aromatic rings. The van der Waals surface area contributed by atoms with E-state index in [1.165, 1.54) is 11.3 Å². The van der Waals surface area contributed by atoms with Gasteiger partial charge in [-0.1, -0.05) is 35.1 Å². The largest absolute Gasteiger partial charge is 0.494 e. The normalized spacial score (nSPS) is 10.9. The van der Waals surface area contributed by atoms with Crippen molar-refractivity contribution >= 4 is 56.0 Å². The van der Waals surface area contributed by atoms with Gasteiger partial charge >= 0.3 is 0 Å². The highest BCUT2D eigenvalue weighted by Crippen LogP contribution is 2.35. The molecule has 0 aliphatic rings. The van der Waals surface area contributed by atoms with Gasteiger partial charge in [0, 0.05) is 28.3 Å². The molecule has 0 radical (unpaired) electrons. The second-order valence-electron chi connectivity index (χ2n) is 6.66. The SMILES string of the molecule is COc1cccc2sc(N(Cc3ccccn3)C(=O)CCSc3ccc(Cl)cc3)nc12. The summed E-state index contributed by atoms with van der Waals surface area (Å²) in [5.74, 6) is 1.36. The van der Waals surface area contributed by atoms with Crippen LogP contribution in [0.15, 0.2) is 71.8 Å². The van der Waals surface area contributed by atoms with Gasteiger partial charge in [0.15, 0.2) is 5.13 Å². The number of pyridine rings is 1. The van der Waals surface area contributed by atoms with E-state index in [-0.39, 0.29) is 5.91 Å². The summed E-state index contributed by atoms with van der Waals surface area (Å²) in [5, 5.41) is 1.35. The van der Waals surface area contributed by atoms with Crippen LogP contribution in [0.3, 0.4) is 0 Å². The second-order valence-corrected chi connectivity index (χ2v) is 9.27. The Balaban J connectivity index is 1.55. The molecule has 0 fully saturated rings. The van der Waals surface area contributed by atoms with E-state index in [0.29, 0.717) is 34.6 Å². The van der Waals surface area contributed by atoms with E-state index in [9.17, 15) is 4.79 Å². The molecular weight excluding hydrogens is 450 g/mol. The molecule has 1 amide bonds. The number of thiazole rings is 1. The predicted molar refractivity (Wildman–Crippen MR) is 128 cm³/mol. The van der Waals surface area contributed by atoms with Crippen LogP contribution in [0, 0.1) is 0 Å². The van der Waals surface area contributed by atoms with Crippen molar-refractivity contribution in [3.63, 3.8) is 0 Å². The Bertz CT molecular complexity index is 1170. The summed E-state index contributed by atoms with van der Waals surface area (Å²) in [7, 11) is 1.62. The van der Waals surface area contributed by atoms with Crippen molar-refractivity contribution in [2.75, 3.05) is 17.8 Å². The van der Waals surface area contributed by atoms with E-state index in [0.717, 1.165) is 20.8 Å². The summed E-state index contributed by atoms with van der Waals surface area (Å²) >= 11 is 9.05. The monoisotopic (exact) mass is 469 g/mol. The van der Waals surface area contributed by atoms with Crippen LogP contribution in [0.1, 0.15) is 12.1 Å². The maximum absolute atomic E-state index is 13.2. The third kappa shape index (κ3) is 5.36. The number of rotatable bonds is 8. The average Bonchev–Trinajstić information content (AvgIpc) is 3.23. The van der Waals surface area contributed by atoms with Gasteiger partial charge in [0.1, 0.15) is 11.3 Å². The van der Waals surface area contributed by atoms with E-state index in [1.807, 2.05) is 60.7 Å². The highest BCUT2D eigenvalue weighted by molar-refractivity contribution is 7.99. The summed E-state index contributed by atoms with van der Waals surface area (Å²) in [6.07, 6.45) is 2.11. The number of methoxy groups -OCH3 is 1. The number of carbonyl (C=O) groups excluding carboxylic acids is 1. The number of amides is 1. The molecule has 0 unspecified atom stereocenters. The first-order valence-corrected chi connectivity index (χ1v) is 11.8. The van der Waals surface area contributed by atoms with E-state index in [4.69, 9.17) is 21.3 Å². The van der Waals surface area contributed by atoms with Crippen LogP contribution in [0.25, 0.3) is 10.2 Å². The van der Waals surface area contributed by atoms with Crippen LogP contribution in [0.2, 0.25) is 5.02 Å². The molecule has 0 aliphatic heterocycles. The lowest BCUT2D eigenvalue weighted by molar-refractivity contribution is -0.118. The molecule has 2 aromatic carbocycles. The lowest BCUT2D eigenvalue weighted by atomic mass is 10.3. The number of anilines is 1. The number of carbonyl (C=O) groups is 1. The number of fused-ring (bicyclic) bond motifs is 1. The van der Waals surface area contributed by atoms with Gasteiger partial charge in [0.25, 0.3) is 0 Å². The van der Waals surface area contributed by atoms with Crippen molar-refractivity contribution in [2.45, 2.75) is 17.9 Å². The van der Waals surface area contributed by atoms with Gasteiger partial charge in [0.2, 0.25) is 5.91 Å². The summed E-state index contributed by atoms with van der Waals surface area (Å²) in [5.41, 5.74) is 1.58. The Morgan fingerprint density at radius 3 is 2.71 bits per heavy atom. The Labute approximate surface area is 194 Å². The molecule has 5 nitrogen and oxygen atoms in total. The van der Waals surface area contributed by atoms with Crippen LogP contribution in [-0.4, -0.2) is 28.7 Å². The number of halogens is 1. The van der Waals surface area contributed by atoms with Gasteiger partial charge < -0.3 is 4.74 Å². The molecule has 0 atom stereocenters. The molecule has 158 valence electrons. The number of thioether (sulfide) groups is 1. The first-order chi connectivity index (χ1) is 15.1. The van der Waals surface area contributed by atoms with Crippen molar-refractivity contribution in [3.05, 3.63) is 77.6 Å². The first-order valence-electron chi connectivity index (χ1n) is 9.66. The molecule has 31 heavy (non-hydrogen) atoms. The van der Waals surface area contributed by atoms with Gasteiger partial charge in [-0.25, -0.2) is 4.98 Å². The number of benzene rings is 2. The van der Waals surface area contributed by atoms with Crippen molar-refractivity contribution < 1.29 is 9.53 Å². The molecule has 0 aliphatic carbocycles. The quantitative estimate of drug-likeness (QED) is 0.293. The van der Waals surface area contributed by atoms with Crippen molar-refractivity contribution in [3.8, 4) is 5.75 Å². The van der Waals surface area contributed by atoms with Crippen molar-refractivity contribution in [1.82, 2.24) is 9.97 Å². The third-order valence-electron chi connectivity index (χ3n) is 4.57. The molecule has 4 rings (SSSR count). The molecule has 8 heteroatoms. The van der Waals surface area contributed by atoms with Crippen molar-refractivity contribution in [2.24, 2.45) is 0 Å². The smallest absolute Gasteiger partial charge is 0.229 e. The summed E-state index contributed by atoms with van der Waals surface area (Å²) in [4.78, 5) is 25.1. The number of hydrogen-bond donors (Lipinski definition) is 0. The fourth-order valence-corrected chi connectivity index (χ4v) is 5.00. The molecule has 0 N–H and O–H groups in total. The summed E-state index contributed by atoms with van der Waals surface area (Å²) < 4.78 is 6.41. The standard InChI is InChI=1S/C23H20ClN3O2S2/c1-29-19-6-4-7-20-22(19)26-23(31-20)27(15-17-5-2-3-13-25-17)21(28)12-14-30-18-10-8-16(24)9-11-18/h2-11,13H,12,14-15H2,1H3. The second kappa shape index (κ2) is 10.1. The lowest BCUT2D eigenvalue weighted by Gasteiger charge is -2.19. The van der Waals surface area contributed by atoms with Crippen LogP contribution in [0.5, 0.6) is 5.75 Å². The van der Waals surface area contributed by atoms with Crippen molar-refractivity contribution in [1.29, 1.82) is 0 Å². The Morgan fingerprint density at radius 1 is 1.13 bits per heavy atom.